The molecule has 0 saturated carbocycles. The van der Waals surface area contributed by atoms with Gasteiger partial charge < -0.3 is 10.2 Å². The molecule has 11 nitrogen and oxygen atoms in total. The molecule has 11 heteroatoms. The Morgan fingerprint density at radius 2 is 1.97 bits per heavy atom. The van der Waals surface area contributed by atoms with Crippen LogP contribution in [0.1, 0.15) is 30.8 Å². The average molecular weight is 502 g/mol. The third-order valence-corrected chi connectivity index (χ3v) is 6.90. The summed E-state index contributed by atoms with van der Waals surface area (Å²) in [6.45, 7) is 3.88. The molecule has 190 valence electrons. The standard InChI is InChI=1S/C26H27N7O4/c1-16(2)21(29-22(34)20-6-4-5-11-27-20)23(35)32-12-9-26(10-13-32)24(36)31(3)25(37)33(26)18-7-8-19-17(14-18)15-28-30-19/h4-9,11-12,14-16,21H,10,13H2,1-3H3,(H,28,30)(H,29,34)/t21-,26?/m1/s1. The maximum Gasteiger partial charge on any atom is 0.332 e. The van der Waals surface area contributed by atoms with Crippen LogP contribution in [-0.2, 0) is 9.59 Å². The number of aromatic amines is 1. The molecule has 0 bridgehead atoms. The molecule has 1 unspecified atom stereocenters. The Hall–Kier alpha value is -4.54. The summed E-state index contributed by atoms with van der Waals surface area (Å²) in [5.74, 6) is -1.30. The Bertz CT molecular complexity index is 1420. The lowest BCUT2D eigenvalue weighted by Gasteiger charge is -2.38. The van der Waals surface area contributed by atoms with Gasteiger partial charge in [-0.2, -0.15) is 5.10 Å². The van der Waals surface area contributed by atoms with Crippen LogP contribution in [0.15, 0.2) is 61.1 Å². The number of aromatic nitrogens is 3. The monoisotopic (exact) mass is 501 g/mol. The number of nitrogens with zero attached hydrogens (tertiary/aromatic N) is 5. The lowest BCUT2D eigenvalue weighted by atomic mass is 9.89. The van der Waals surface area contributed by atoms with Crippen LogP contribution >= 0.6 is 0 Å². The maximum atomic E-state index is 13.4. The van der Waals surface area contributed by atoms with E-state index in [2.05, 4.69) is 20.5 Å². The van der Waals surface area contributed by atoms with Gasteiger partial charge >= 0.3 is 6.03 Å². The second kappa shape index (κ2) is 9.16. The molecule has 1 spiro atoms. The van der Waals surface area contributed by atoms with Crippen LogP contribution in [0, 0.1) is 5.92 Å². The number of hydrogen-bond acceptors (Lipinski definition) is 6. The first kappa shape index (κ1) is 24.2. The third kappa shape index (κ3) is 4.02. The minimum Gasteiger partial charge on any atom is -0.339 e. The Labute approximate surface area is 213 Å². The molecule has 0 radical (unpaired) electrons. The van der Waals surface area contributed by atoms with Gasteiger partial charge in [0.2, 0.25) is 5.91 Å². The van der Waals surface area contributed by atoms with E-state index in [-0.39, 0.29) is 36.4 Å². The van der Waals surface area contributed by atoms with Gasteiger partial charge in [0.25, 0.3) is 11.8 Å². The highest BCUT2D eigenvalue weighted by Gasteiger charge is 2.56. The van der Waals surface area contributed by atoms with E-state index in [0.717, 1.165) is 15.8 Å². The highest BCUT2D eigenvalue weighted by molar-refractivity contribution is 6.18. The number of imide groups is 1. The van der Waals surface area contributed by atoms with Gasteiger partial charge in [-0.25, -0.2) is 4.79 Å². The molecule has 1 aromatic carbocycles. The quantitative estimate of drug-likeness (QED) is 0.516. The molecule has 37 heavy (non-hydrogen) atoms. The molecule has 2 aliphatic heterocycles. The van der Waals surface area contributed by atoms with Gasteiger partial charge in [0.15, 0.2) is 5.54 Å². The number of H-pyrrole nitrogens is 1. The Kier molecular flexibility index (Phi) is 5.98. The first-order valence-corrected chi connectivity index (χ1v) is 12.0. The summed E-state index contributed by atoms with van der Waals surface area (Å²) in [4.78, 5) is 60.7. The van der Waals surface area contributed by atoms with Gasteiger partial charge in [-0.15, -0.1) is 0 Å². The minimum atomic E-state index is -1.26. The summed E-state index contributed by atoms with van der Waals surface area (Å²) < 4.78 is 0. The molecule has 2 N–H and O–H groups in total. The fraction of sp³-hybridized carbons (Fsp3) is 0.308. The number of benzene rings is 1. The van der Waals surface area contributed by atoms with Crippen molar-refractivity contribution in [2.75, 3.05) is 18.5 Å². The van der Waals surface area contributed by atoms with E-state index in [1.54, 1.807) is 54.9 Å². The van der Waals surface area contributed by atoms with Crippen molar-refractivity contribution >= 4 is 40.3 Å². The highest BCUT2D eigenvalue weighted by Crippen LogP contribution is 2.39. The smallest absolute Gasteiger partial charge is 0.332 e. The molecule has 4 heterocycles. The van der Waals surface area contributed by atoms with Crippen LogP contribution in [0.4, 0.5) is 10.5 Å². The normalized spacial score (nSPS) is 20.4. The Morgan fingerprint density at radius 3 is 2.65 bits per heavy atom. The minimum absolute atomic E-state index is 0.190. The van der Waals surface area contributed by atoms with E-state index in [4.69, 9.17) is 0 Å². The number of fused-ring (bicyclic) bond motifs is 1. The number of carbonyl (C=O) groups is 4. The molecule has 1 fully saturated rings. The number of anilines is 1. The summed E-state index contributed by atoms with van der Waals surface area (Å²) >= 11 is 0. The summed E-state index contributed by atoms with van der Waals surface area (Å²) in [5.41, 5.74) is 0.332. The molecule has 0 aliphatic carbocycles. The van der Waals surface area contributed by atoms with Crippen molar-refractivity contribution in [3.63, 3.8) is 0 Å². The van der Waals surface area contributed by atoms with Gasteiger partial charge in [0, 0.05) is 43.5 Å². The van der Waals surface area contributed by atoms with Crippen molar-refractivity contribution in [1.29, 1.82) is 0 Å². The zero-order valence-electron chi connectivity index (χ0n) is 20.7. The van der Waals surface area contributed by atoms with Crippen LogP contribution in [0.3, 0.4) is 0 Å². The van der Waals surface area contributed by atoms with E-state index < -0.39 is 23.5 Å². The van der Waals surface area contributed by atoms with Crippen molar-refractivity contribution in [3.05, 3.63) is 66.8 Å². The highest BCUT2D eigenvalue weighted by atomic mass is 16.2. The zero-order chi connectivity index (χ0) is 26.3. The third-order valence-electron chi connectivity index (χ3n) is 6.90. The molecule has 2 aromatic heterocycles. The number of carbonyl (C=O) groups excluding carboxylic acids is 4. The second-order valence-corrected chi connectivity index (χ2v) is 9.56. The zero-order valence-corrected chi connectivity index (χ0v) is 20.7. The number of urea groups is 1. The fourth-order valence-corrected chi connectivity index (χ4v) is 4.82. The topological polar surface area (TPSA) is 132 Å². The molecule has 2 aliphatic rings. The van der Waals surface area contributed by atoms with Gasteiger partial charge in [-0.1, -0.05) is 19.9 Å². The van der Waals surface area contributed by atoms with Crippen molar-refractivity contribution in [1.82, 2.24) is 30.3 Å². The number of amides is 5. The molecule has 1 saturated heterocycles. The van der Waals surface area contributed by atoms with E-state index in [9.17, 15) is 19.2 Å². The van der Waals surface area contributed by atoms with Crippen LogP contribution < -0.4 is 10.2 Å². The summed E-state index contributed by atoms with van der Waals surface area (Å²) in [6.07, 6.45) is 6.52. The van der Waals surface area contributed by atoms with Gasteiger partial charge in [-0.05, 0) is 42.3 Å². The largest absolute Gasteiger partial charge is 0.339 e. The predicted octanol–water partition coefficient (Wildman–Crippen LogP) is 2.30. The fourth-order valence-electron chi connectivity index (χ4n) is 4.82. The van der Waals surface area contributed by atoms with Crippen molar-refractivity contribution in [2.24, 2.45) is 5.92 Å². The van der Waals surface area contributed by atoms with Crippen LogP contribution in [0.25, 0.3) is 10.9 Å². The first-order chi connectivity index (χ1) is 17.7. The second-order valence-electron chi connectivity index (χ2n) is 9.56. The van der Waals surface area contributed by atoms with Crippen molar-refractivity contribution in [2.45, 2.75) is 31.8 Å². The van der Waals surface area contributed by atoms with Crippen LogP contribution in [0.5, 0.6) is 0 Å². The number of nitrogens with one attached hydrogen (secondary N) is 2. The van der Waals surface area contributed by atoms with E-state index >= 15 is 0 Å². The predicted molar refractivity (Wildman–Crippen MR) is 135 cm³/mol. The van der Waals surface area contributed by atoms with Crippen molar-refractivity contribution < 1.29 is 19.2 Å². The number of rotatable bonds is 5. The average Bonchev–Trinajstić information content (AvgIpc) is 3.45. The molecule has 3 aromatic rings. The Morgan fingerprint density at radius 1 is 1.16 bits per heavy atom. The first-order valence-electron chi connectivity index (χ1n) is 12.0. The van der Waals surface area contributed by atoms with Gasteiger partial charge in [-0.3, -0.25) is 34.3 Å². The summed E-state index contributed by atoms with van der Waals surface area (Å²) in [7, 11) is 1.45. The SMILES string of the molecule is CC(C)[C@@H](NC(=O)c1ccccn1)C(=O)N1C=CC2(CC1)C(=O)N(C)C(=O)N2c1ccc2[nH]ncc2c1. The molecular weight excluding hydrogens is 474 g/mol. The Balaban J connectivity index is 1.41. The lowest BCUT2D eigenvalue weighted by Crippen LogP contribution is -2.56. The van der Waals surface area contributed by atoms with E-state index in [0.29, 0.717) is 5.69 Å². The van der Waals surface area contributed by atoms with Gasteiger partial charge in [0.05, 0.1) is 11.7 Å². The molecule has 5 rings (SSSR count). The lowest BCUT2D eigenvalue weighted by molar-refractivity contribution is -0.134. The number of pyridine rings is 1. The molecule has 2 atom stereocenters. The van der Waals surface area contributed by atoms with Crippen molar-refractivity contribution in [3.8, 4) is 0 Å². The summed E-state index contributed by atoms with van der Waals surface area (Å²) in [6, 6.07) is 9.12. The van der Waals surface area contributed by atoms with E-state index in [1.165, 1.54) is 23.0 Å². The maximum absolute atomic E-state index is 13.4. The number of likely N-dealkylation sites (N-methyl/N-ethyl adjacent to an activating group) is 1. The number of hydrogen-bond donors (Lipinski definition) is 2. The van der Waals surface area contributed by atoms with Crippen LogP contribution in [0.2, 0.25) is 0 Å². The molecule has 5 amide bonds. The van der Waals surface area contributed by atoms with E-state index in [1.807, 2.05) is 13.8 Å². The van der Waals surface area contributed by atoms with Gasteiger partial charge in [0.1, 0.15) is 11.7 Å². The van der Waals surface area contributed by atoms with Crippen LogP contribution in [-0.4, -0.2) is 73.9 Å². The molecular formula is C26H27N7O4. The summed E-state index contributed by atoms with van der Waals surface area (Å²) in [5, 5.41) is 10.5.